The second kappa shape index (κ2) is 13.0. The van der Waals surface area contributed by atoms with Crippen molar-refractivity contribution in [2.45, 2.75) is 57.4 Å². The van der Waals surface area contributed by atoms with Gasteiger partial charge in [-0.15, -0.1) is 0 Å². The molecule has 39 heavy (non-hydrogen) atoms. The molecule has 2 aromatic carbocycles. The molecule has 10 nitrogen and oxygen atoms in total. The third kappa shape index (κ3) is 7.96. The van der Waals surface area contributed by atoms with Crippen LogP contribution in [0, 0.1) is 0 Å². The molecule has 0 saturated carbocycles. The number of carbonyl (C=O) groups is 4. The van der Waals surface area contributed by atoms with E-state index in [-0.39, 0.29) is 18.3 Å². The van der Waals surface area contributed by atoms with Crippen LogP contribution in [0.4, 0.5) is 4.79 Å². The van der Waals surface area contributed by atoms with E-state index in [0.717, 1.165) is 22.3 Å². The number of thiol groups is 1. The third-order valence-corrected chi connectivity index (χ3v) is 6.51. The molecule has 0 saturated heterocycles. The van der Waals surface area contributed by atoms with Crippen molar-refractivity contribution in [2.24, 2.45) is 0 Å². The number of ether oxygens (including phenoxy) is 2. The minimum Gasteiger partial charge on any atom is -0.480 e. The lowest BCUT2D eigenvalue weighted by molar-refractivity contribution is -0.141. The van der Waals surface area contributed by atoms with Crippen molar-refractivity contribution < 1.29 is 33.8 Å². The molecule has 1 aliphatic rings. The summed E-state index contributed by atoms with van der Waals surface area (Å²) in [6.07, 6.45) is -1.59. The lowest BCUT2D eigenvalue weighted by Crippen LogP contribution is -2.56. The number of fused-ring (bicyclic) bond motifs is 3. The Kier molecular flexibility index (Phi) is 9.98. The van der Waals surface area contributed by atoms with Gasteiger partial charge >= 0.3 is 12.1 Å². The number of benzene rings is 2. The Balaban J connectivity index is 1.66. The highest BCUT2D eigenvalue weighted by Gasteiger charge is 2.33. The van der Waals surface area contributed by atoms with Crippen LogP contribution >= 0.6 is 12.6 Å². The van der Waals surface area contributed by atoms with E-state index in [2.05, 4.69) is 28.6 Å². The van der Waals surface area contributed by atoms with Gasteiger partial charge in [0.2, 0.25) is 11.8 Å². The maximum Gasteiger partial charge on any atom is 0.407 e. The fourth-order valence-corrected chi connectivity index (χ4v) is 4.74. The van der Waals surface area contributed by atoms with Crippen LogP contribution in [-0.4, -0.2) is 71.7 Å². The largest absolute Gasteiger partial charge is 0.480 e. The van der Waals surface area contributed by atoms with Crippen LogP contribution in [-0.2, 0) is 23.9 Å². The molecule has 11 heteroatoms. The molecule has 0 heterocycles. The summed E-state index contributed by atoms with van der Waals surface area (Å²) in [6, 6.07) is 13.5. The first-order valence-electron chi connectivity index (χ1n) is 12.6. The topological polar surface area (TPSA) is 143 Å². The zero-order valence-corrected chi connectivity index (χ0v) is 23.3. The summed E-state index contributed by atoms with van der Waals surface area (Å²) in [5, 5.41) is 16.3. The molecule has 4 N–H and O–H groups in total. The molecule has 0 fully saturated rings. The van der Waals surface area contributed by atoms with E-state index in [4.69, 9.17) is 14.6 Å². The number of carboxylic acids is 1. The van der Waals surface area contributed by atoms with Gasteiger partial charge in [0.05, 0.1) is 18.2 Å². The van der Waals surface area contributed by atoms with E-state index in [1.807, 2.05) is 69.3 Å². The number of carboxylic acid groups (broad SMARTS) is 1. The summed E-state index contributed by atoms with van der Waals surface area (Å²) in [4.78, 5) is 49.2. The van der Waals surface area contributed by atoms with Crippen molar-refractivity contribution in [1.82, 2.24) is 16.0 Å². The summed E-state index contributed by atoms with van der Waals surface area (Å²) < 4.78 is 11.5. The van der Waals surface area contributed by atoms with E-state index < -0.39 is 54.2 Å². The molecule has 0 unspecified atom stereocenters. The molecule has 3 amide bonds. The molecule has 0 bridgehead atoms. The number of aliphatic carboxylic acids is 1. The predicted molar refractivity (Wildman–Crippen MR) is 149 cm³/mol. The molecule has 3 rings (SSSR count). The fourth-order valence-electron chi connectivity index (χ4n) is 4.50. The summed E-state index contributed by atoms with van der Waals surface area (Å²) in [7, 11) is 0. The normalized spacial score (nSPS) is 14.8. The summed E-state index contributed by atoms with van der Waals surface area (Å²) in [5.74, 6) is -2.91. The van der Waals surface area contributed by atoms with Crippen molar-refractivity contribution >= 4 is 36.5 Å². The first-order valence-corrected chi connectivity index (χ1v) is 13.2. The molecule has 1 aliphatic carbocycles. The zero-order valence-electron chi connectivity index (χ0n) is 22.4. The summed E-state index contributed by atoms with van der Waals surface area (Å²) in [5.41, 5.74) is 3.66. The lowest BCUT2D eigenvalue weighted by atomic mass is 9.98. The Labute approximate surface area is 233 Å². The summed E-state index contributed by atoms with van der Waals surface area (Å²) >= 11 is 3.90. The molecular formula is C28H35N3O7S. The van der Waals surface area contributed by atoms with Crippen LogP contribution in [0.2, 0.25) is 0 Å². The molecule has 3 atom stereocenters. The van der Waals surface area contributed by atoms with Gasteiger partial charge in [-0.25, -0.2) is 9.59 Å². The highest BCUT2D eigenvalue weighted by atomic mass is 32.1. The van der Waals surface area contributed by atoms with Crippen LogP contribution in [0.1, 0.15) is 44.7 Å². The van der Waals surface area contributed by atoms with Crippen molar-refractivity contribution in [3.05, 3.63) is 59.7 Å². The van der Waals surface area contributed by atoms with Gasteiger partial charge < -0.3 is 30.5 Å². The van der Waals surface area contributed by atoms with E-state index in [9.17, 15) is 19.2 Å². The maximum atomic E-state index is 13.0. The number of hydrogen-bond donors (Lipinski definition) is 5. The highest BCUT2D eigenvalue weighted by molar-refractivity contribution is 7.80. The lowest BCUT2D eigenvalue weighted by Gasteiger charge is -2.30. The molecule has 0 spiro atoms. The van der Waals surface area contributed by atoms with Crippen LogP contribution < -0.4 is 16.0 Å². The van der Waals surface area contributed by atoms with Gasteiger partial charge in [0.25, 0.3) is 0 Å². The SMILES string of the molecule is C[C@@H](OC(C)(C)C)[C@H](NC(=O)OCC1c2ccccc2-c2ccccc21)C(=O)NCC(=O)N[C@@H](CS)C(=O)O. The summed E-state index contributed by atoms with van der Waals surface area (Å²) in [6.45, 7) is 6.61. The van der Waals surface area contributed by atoms with Gasteiger partial charge in [0.15, 0.2) is 0 Å². The Morgan fingerprint density at radius 2 is 1.54 bits per heavy atom. The molecule has 210 valence electrons. The van der Waals surface area contributed by atoms with E-state index in [1.165, 1.54) is 0 Å². The average molecular weight is 558 g/mol. The number of nitrogens with one attached hydrogen (secondary N) is 3. The highest BCUT2D eigenvalue weighted by Crippen LogP contribution is 2.44. The van der Waals surface area contributed by atoms with Crippen LogP contribution in [0.25, 0.3) is 11.1 Å². The van der Waals surface area contributed by atoms with E-state index >= 15 is 0 Å². The van der Waals surface area contributed by atoms with Gasteiger partial charge in [0, 0.05) is 11.7 Å². The Hall–Kier alpha value is -3.57. The Morgan fingerprint density at radius 3 is 2.05 bits per heavy atom. The average Bonchev–Trinajstić information content (AvgIpc) is 3.20. The van der Waals surface area contributed by atoms with Gasteiger partial charge in [-0.05, 0) is 49.9 Å². The van der Waals surface area contributed by atoms with Crippen molar-refractivity contribution in [3.63, 3.8) is 0 Å². The number of alkyl carbamates (subject to hydrolysis) is 1. The van der Waals surface area contributed by atoms with Gasteiger partial charge in [0.1, 0.15) is 18.7 Å². The van der Waals surface area contributed by atoms with E-state index in [1.54, 1.807) is 6.92 Å². The smallest absolute Gasteiger partial charge is 0.407 e. The van der Waals surface area contributed by atoms with Crippen LogP contribution in [0.15, 0.2) is 48.5 Å². The minimum atomic E-state index is -1.24. The predicted octanol–water partition coefficient (Wildman–Crippen LogP) is 2.71. The van der Waals surface area contributed by atoms with Crippen LogP contribution in [0.3, 0.4) is 0 Å². The first-order chi connectivity index (χ1) is 18.4. The molecule has 0 radical (unpaired) electrons. The number of amides is 3. The zero-order chi connectivity index (χ0) is 28.7. The fraction of sp³-hybridized carbons (Fsp3) is 0.429. The van der Waals surface area contributed by atoms with E-state index in [0.29, 0.717) is 0 Å². The Bertz CT molecular complexity index is 1170. The molecule has 0 aromatic heterocycles. The van der Waals surface area contributed by atoms with Gasteiger partial charge in [-0.3, -0.25) is 9.59 Å². The second-order valence-electron chi connectivity index (χ2n) is 10.2. The van der Waals surface area contributed by atoms with Gasteiger partial charge in [-0.1, -0.05) is 48.5 Å². The third-order valence-electron chi connectivity index (χ3n) is 6.15. The van der Waals surface area contributed by atoms with Crippen LogP contribution in [0.5, 0.6) is 0 Å². The quantitative estimate of drug-likeness (QED) is 0.267. The first kappa shape index (κ1) is 30.0. The number of hydrogen-bond acceptors (Lipinski definition) is 7. The van der Waals surface area contributed by atoms with Crippen molar-refractivity contribution in [3.8, 4) is 11.1 Å². The molecule has 0 aliphatic heterocycles. The van der Waals surface area contributed by atoms with Gasteiger partial charge in [-0.2, -0.15) is 12.6 Å². The molecular weight excluding hydrogens is 522 g/mol. The number of rotatable bonds is 11. The second-order valence-corrected chi connectivity index (χ2v) is 10.6. The maximum absolute atomic E-state index is 13.0. The van der Waals surface area contributed by atoms with Crippen molar-refractivity contribution in [2.75, 3.05) is 18.9 Å². The number of carbonyl (C=O) groups excluding carboxylic acids is 3. The monoisotopic (exact) mass is 557 g/mol. The Morgan fingerprint density at radius 1 is 0.974 bits per heavy atom. The standard InChI is InChI=1S/C28H35N3O7S/c1-16(38-28(2,3)4)24(25(33)29-13-23(32)30-22(15-39)26(34)35)31-27(36)37-14-21-19-11-7-5-9-17(19)18-10-6-8-12-20(18)21/h5-12,16,21-22,24,39H,13-15H2,1-4H3,(H,29,33)(H,30,32)(H,31,36)(H,34,35)/t16-,22+,24+/m1/s1. The molecule has 2 aromatic rings. The minimum absolute atomic E-state index is 0.0609. The van der Waals surface area contributed by atoms with Crippen molar-refractivity contribution in [1.29, 1.82) is 0 Å².